The summed E-state index contributed by atoms with van der Waals surface area (Å²) >= 11 is 3.68. The Morgan fingerprint density at radius 2 is 1.21 bits per heavy atom. The van der Waals surface area contributed by atoms with Gasteiger partial charge in [-0.05, 0) is 59.3 Å². The van der Waals surface area contributed by atoms with Crippen LogP contribution >= 0.6 is 15.9 Å². The van der Waals surface area contributed by atoms with E-state index in [9.17, 15) is 0 Å². The van der Waals surface area contributed by atoms with E-state index < -0.39 is 0 Å². The molecular weight excluding hydrogens is 405 g/mol. The van der Waals surface area contributed by atoms with Crippen molar-refractivity contribution in [2.45, 2.75) is 6.92 Å². The predicted octanol–water partition coefficient (Wildman–Crippen LogP) is 5.66. The standard InChI is InChI=1S/C25H17BBrN/c1-16-10-12-24-20(14-16)18-6-2-4-8-22(18)26-23-9-5-3-7-19(23)21-15-17(27)11-13-25(21)28(24)26/h2-15H,1H3. The van der Waals surface area contributed by atoms with Crippen LogP contribution in [0.25, 0.3) is 22.3 Å². The lowest BCUT2D eigenvalue weighted by atomic mass is 9.43. The highest BCUT2D eigenvalue weighted by Gasteiger charge is 2.41. The molecule has 28 heavy (non-hydrogen) atoms. The van der Waals surface area contributed by atoms with E-state index in [1.54, 1.807) is 0 Å². The zero-order valence-corrected chi connectivity index (χ0v) is 17.1. The number of rotatable bonds is 0. The molecule has 4 aromatic rings. The van der Waals surface area contributed by atoms with E-state index in [2.05, 4.69) is 113 Å². The smallest absolute Gasteiger partial charge is 0.329 e. The summed E-state index contributed by atoms with van der Waals surface area (Å²) in [5.74, 6) is 0. The minimum Gasteiger partial charge on any atom is -0.376 e. The van der Waals surface area contributed by atoms with Crippen LogP contribution in [0.3, 0.4) is 0 Å². The molecule has 0 bridgehead atoms. The van der Waals surface area contributed by atoms with E-state index in [-0.39, 0.29) is 6.85 Å². The molecule has 0 radical (unpaired) electrons. The second kappa shape index (κ2) is 5.86. The molecular formula is C25H17BBrN. The highest BCUT2D eigenvalue weighted by atomic mass is 79.9. The van der Waals surface area contributed by atoms with Crippen molar-refractivity contribution in [3.8, 4) is 22.3 Å². The summed E-state index contributed by atoms with van der Waals surface area (Å²) in [6.45, 7) is 2.36. The number of aryl methyl sites for hydroxylation is 1. The highest BCUT2D eigenvalue weighted by Crippen LogP contribution is 2.46. The molecule has 0 N–H and O–H groups in total. The van der Waals surface area contributed by atoms with Gasteiger partial charge in [0.25, 0.3) is 0 Å². The quantitative estimate of drug-likeness (QED) is 0.331. The van der Waals surface area contributed by atoms with Crippen LogP contribution in [0.2, 0.25) is 0 Å². The average molecular weight is 422 g/mol. The topological polar surface area (TPSA) is 3.24 Å². The largest absolute Gasteiger partial charge is 0.376 e. The van der Waals surface area contributed by atoms with Crippen LogP contribution in [0.4, 0.5) is 11.4 Å². The van der Waals surface area contributed by atoms with Gasteiger partial charge in [0.2, 0.25) is 0 Å². The van der Waals surface area contributed by atoms with E-state index in [1.165, 1.54) is 50.1 Å². The molecule has 0 amide bonds. The summed E-state index contributed by atoms with van der Waals surface area (Å²) in [5.41, 5.74) is 11.9. The Hall–Kier alpha value is -2.78. The van der Waals surface area contributed by atoms with E-state index in [4.69, 9.17) is 0 Å². The predicted molar refractivity (Wildman–Crippen MR) is 123 cm³/mol. The molecule has 2 heterocycles. The second-order valence-electron chi connectivity index (χ2n) is 7.63. The zero-order chi connectivity index (χ0) is 18.8. The number of benzene rings is 4. The van der Waals surface area contributed by atoms with Crippen molar-refractivity contribution in [3.63, 3.8) is 0 Å². The number of fused-ring (bicyclic) bond motifs is 11. The molecule has 0 atom stereocenters. The van der Waals surface area contributed by atoms with Crippen LogP contribution in [0, 0.1) is 6.92 Å². The molecule has 2 aliphatic rings. The highest BCUT2D eigenvalue weighted by molar-refractivity contribution is 9.10. The second-order valence-corrected chi connectivity index (χ2v) is 8.54. The normalized spacial score (nSPS) is 13.2. The monoisotopic (exact) mass is 421 g/mol. The maximum atomic E-state index is 3.68. The van der Waals surface area contributed by atoms with Gasteiger partial charge in [-0.15, -0.1) is 0 Å². The van der Waals surface area contributed by atoms with Gasteiger partial charge < -0.3 is 4.81 Å². The minimum atomic E-state index is 0.191. The molecule has 0 aliphatic carbocycles. The maximum absolute atomic E-state index is 3.68. The van der Waals surface area contributed by atoms with Gasteiger partial charge >= 0.3 is 6.85 Å². The molecule has 0 fully saturated rings. The van der Waals surface area contributed by atoms with Gasteiger partial charge in [0.1, 0.15) is 0 Å². The maximum Gasteiger partial charge on any atom is 0.329 e. The van der Waals surface area contributed by atoms with Crippen LogP contribution in [0.1, 0.15) is 5.56 Å². The van der Waals surface area contributed by atoms with Crippen molar-refractivity contribution >= 4 is 45.1 Å². The Balaban J connectivity index is 1.76. The minimum absolute atomic E-state index is 0.191. The number of hydrogen-bond acceptors (Lipinski definition) is 1. The van der Waals surface area contributed by atoms with Gasteiger partial charge in [-0.1, -0.05) is 76.1 Å². The Morgan fingerprint density at radius 1 is 0.643 bits per heavy atom. The Morgan fingerprint density at radius 3 is 1.89 bits per heavy atom. The van der Waals surface area contributed by atoms with E-state index >= 15 is 0 Å². The van der Waals surface area contributed by atoms with Crippen molar-refractivity contribution in [1.29, 1.82) is 0 Å². The molecule has 0 saturated heterocycles. The third-order valence-electron chi connectivity index (χ3n) is 5.98. The molecule has 1 nitrogen and oxygen atoms in total. The molecule has 0 aromatic heterocycles. The van der Waals surface area contributed by atoms with Crippen molar-refractivity contribution in [1.82, 2.24) is 0 Å². The molecule has 132 valence electrons. The SMILES string of the molecule is Cc1ccc2c(c1)-c1ccccc1B1c3ccccc3-c3cc(Br)ccc3N12. The van der Waals surface area contributed by atoms with Crippen LogP contribution in [-0.2, 0) is 0 Å². The fraction of sp³-hybridized carbons (Fsp3) is 0.0400. The van der Waals surface area contributed by atoms with Gasteiger partial charge in [-0.25, -0.2) is 0 Å². The molecule has 0 unspecified atom stereocenters. The number of hydrogen-bond donors (Lipinski definition) is 0. The van der Waals surface area contributed by atoms with E-state index in [0.29, 0.717) is 0 Å². The summed E-state index contributed by atoms with van der Waals surface area (Å²) < 4.78 is 1.11. The number of anilines is 2. The first kappa shape index (κ1) is 16.2. The molecule has 0 saturated carbocycles. The van der Waals surface area contributed by atoms with E-state index in [0.717, 1.165) is 4.47 Å². The van der Waals surface area contributed by atoms with Crippen LogP contribution in [0.15, 0.2) is 89.4 Å². The summed E-state index contributed by atoms with van der Waals surface area (Å²) in [7, 11) is 0. The van der Waals surface area contributed by atoms with Crippen LogP contribution < -0.4 is 15.7 Å². The first-order valence-corrected chi connectivity index (χ1v) is 10.4. The lowest BCUT2D eigenvalue weighted by Crippen LogP contribution is -2.59. The van der Waals surface area contributed by atoms with Crippen LogP contribution in [0.5, 0.6) is 0 Å². The number of halogens is 1. The molecule has 6 rings (SSSR count). The first-order chi connectivity index (χ1) is 13.7. The third kappa shape index (κ3) is 2.14. The fourth-order valence-corrected chi connectivity index (χ4v) is 5.19. The summed E-state index contributed by atoms with van der Waals surface area (Å²) in [6, 6.07) is 31.2. The number of nitrogens with zero attached hydrogens (tertiary/aromatic N) is 1. The van der Waals surface area contributed by atoms with E-state index in [1.807, 2.05) is 0 Å². The van der Waals surface area contributed by atoms with Crippen molar-refractivity contribution in [2.24, 2.45) is 0 Å². The fourth-order valence-electron chi connectivity index (χ4n) is 4.82. The van der Waals surface area contributed by atoms with Gasteiger partial charge in [-0.2, -0.15) is 0 Å². The summed E-state index contributed by atoms with van der Waals surface area (Å²) in [5, 5.41) is 0. The molecule has 3 heteroatoms. The van der Waals surface area contributed by atoms with Crippen molar-refractivity contribution in [3.05, 3.63) is 95.0 Å². The van der Waals surface area contributed by atoms with Crippen LogP contribution in [-0.4, -0.2) is 6.85 Å². The molecule has 4 aromatic carbocycles. The molecule has 2 aliphatic heterocycles. The van der Waals surface area contributed by atoms with Gasteiger partial charge in [0, 0.05) is 27.0 Å². The van der Waals surface area contributed by atoms with Crippen molar-refractivity contribution < 1.29 is 0 Å². The van der Waals surface area contributed by atoms with Gasteiger partial charge in [0.15, 0.2) is 0 Å². The molecule has 0 spiro atoms. The average Bonchev–Trinajstić information content (AvgIpc) is 2.73. The van der Waals surface area contributed by atoms with Crippen molar-refractivity contribution in [2.75, 3.05) is 4.81 Å². The van der Waals surface area contributed by atoms with Gasteiger partial charge in [0.05, 0.1) is 0 Å². The first-order valence-electron chi connectivity index (χ1n) is 9.60. The van der Waals surface area contributed by atoms with Gasteiger partial charge in [-0.3, -0.25) is 0 Å². The Labute approximate surface area is 173 Å². The lowest BCUT2D eigenvalue weighted by Gasteiger charge is -2.43. The summed E-state index contributed by atoms with van der Waals surface area (Å²) in [6.07, 6.45) is 0. The summed E-state index contributed by atoms with van der Waals surface area (Å²) in [4.78, 5) is 2.53. The third-order valence-corrected chi connectivity index (χ3v) is 6.47. The Bertz CT molecular complexity index is 1170. The zero-order valence-electron chi connectivity index (χ0n) is 15.5. The Kier molecular flexibility index (Phi) is 3.39. The lowest BCUT2D eigenvalue weighted by molar-refractivity contribution is 1.33.